The summed E-state index contributed by atoms with van der Waals surface area (Å²) >= 11 is 1.44. The largest absolute Gasteiger partial charge is 0.358 e. The van der Waals surface area contributed by atoms with Crippen molar-refractivity contribution in [3.63, 3.8) is 0 Å². The summed E-state index contributed by atoms with van der Waals surface area (Å²) in [6.45, 7) is 1.88. The monoisotopic (exact) mass is 336 g/mol. The number of fused-ring (bicyclic) bond motifs is 5. The molecule has 2 heterocycles. The van der Waals surface area contributed by atoms with Gasteiger partial charge in [-0.15, -0.1) is 0 Å². The Morgan fingerprint density at radius 3 is 2.58 bits per heavy atom. The summed E-state index contributed by atoms with van der Waals surface area (Å²) in [7, 11) is 1.65. The summed E-state index contributed by atoms with van der Waals surface area (Å²) in [5.74, 6) is -0.0208. The molecule has 0 saturated heterocycles. The first-order valence-electron chi connectivity index (χ1n) is 7.73. The Morgan fingerprint density at radius 2 is 1.79 bits per heavy atom. The quantitative estimate of drug-likeness (QED) is 0.461. The van der Waals surface area contributed by atoms with Crippen LogP contribution in [0.5, 0.6) is 0 Å². The van der Waals surface area contributed by atoms with Crippen molar-refractivity contribution >= 4 is 45.3 Å². The van der Waals surface area contributed by atoms with E-state index in [0.29, 0.717) is 0 Å². The molecule has 6 heteroatoms. The Morgan fingerprint density at radius 1 is 1.08 bits per heavy atom. The van der Waals surface area contributed by atoms with Crippen LogP contribution in [0.2, 0.25) is 0 Å². The van der Waals surface area contributed by atoms with Crippen LogP contribution in [0.15, 0.2) is 53.7 Å². The molecule has 120 valence electrons. The average molecular weight is 336 g/mol. The molecule has 0 spiro atoms. The van der Waals surface area contributed by atoms with E-state index in [1.54, 1.807) is 7.05 Å². The van der Waals surface area contributed by atoms with Gasteiger partial charge in [-0.25, -0.2) is 9.97 Å². The van der Waals surface area contributed by atoms with Gasteiger partial charge < -0.3 is 5.32 Å². The Bertz CT molecular complexity index is 1070. The molecule has 0 fully saturated rings. The zero-order valence-electron chi connectivity index (χ0n) is 13.4. The van der Waals surface area contributed by atoms with E-state index in [1.807, 2.05) is 59.9 Å². The van der Waals surface area contributed by atoms with Crippen LogP contribution >= 0.6 is 11.8 Å². The van der Waals surface area contributed by atoms with Crippen molar-refractivity contribution in [3.8, 4) is 0 Å². The normalized spacial score (nSPS) is 12.8. The van der Waals surface area contributed by atoms with Gasteiger partial charge in [0.2, 0.25) is 5.91 Å². The molecule has 5 nitrogen and oxygen atoms in total. The molecule has 24 heavy (non-hydrogen) atoms. The number of aromatic nitrogens is 3. The molecule has 4 aromatic rings. The summed E-state index contributed by atoms with van der Waals surface area (Å²) in [4.78, 5) is 21.5. The molecule has 2 aromatic carbocycles. The van der Waals surface area contributed by atoms with Crippen molar-refractivity contribution in [2.75, 3.05) is 7.05 Å². The van der Waals surface area contributed by atoms with Crippen LogP contribution in [0.25, 0.3) is 27.6 Å². The summed E-state index contributed by atoms with van der Waals surface area (Å²) in [6.07, 6.45) is 0. The SMILES string of the molecule is CNC(=O)[C@H](C)Sc1nc2ccccc2c2nc3ccccc3n12. The number of hydrogen-bond donors (Lipinski definition) is 1. The topological polar surface area (TPSA) is 59.3 Å². The summed E-state index contributed by atoms with van der Waals surface area (Å²) in [5, 5.41) is 4.22. The van der Waals surface area contributed by atoms with E-state index in [-0.39, 0.29) is 11.2 Å². The summed E-state index contributed by atoms with van der Waals surface area (Å²) in [6, 6.07) is 15.9. The van der Waals surface area contributed by atoms with Gasteiger partial charge in [-0.1, -0.05) is 36.0 Å². The number of hydrogen-bond acceptors (Lipinski definition) is 4. The van der Waals surface area contributed by atoms with Crippen molar-refractivity contribution in [3.05, 3.63) is 48.5 Å². The third kappa shape index (κ3) is 2.30. The molecule has 0 saturated carbocycles. The van der Waals surface area contributed by atoms with Crippen molar-refractivity contribution in [2.45, 2.75) is 17.3 Å². The minimum atomic E-state index is -0.243. The highest BCUT2D eigenvalue weighted by atomic mass is 32.2. The minimum absolute atomic E-state index is 0.0208. The number of imidazole rings is 1. The summed E-state index contributed by atoms with van der Waals surface area (Å²) < 4.78 is 2.04. The van der Waals surface area contributed by atoms with E-state index in [1.165, 1.54) is 11.8 Å². The van der Waals surface area contributed by atoms with Crippen LogP contribution < -0.4 is 5.32 Å². The van der Waals surface area contributed by atoms with E-state index in [9.17, 15) is 4.79 Å². The second-order valence-electron chi connectivity index (χ2n) is 5.55. The van der Waals surface area contributed by atoms with Gasteiger partial charge >= 0.3 is 0 Å². The first kappa shape index (κ1) is 15.0. The number of carbonyl (C=O) groups excluding carboxylic acids is 1. The molecule has 0 radical (unpaired) electrons. The Hall–Kier alpha value is -2.60. The fourth-order valence-corrected chi connectivity index (χ4v) is 3.79. The molecule has 1 amide bonds. The first-order valence-corrected chi connectivity index (χ1v) is 8.61. The lowest BCUT2D eigenvalue weighted by atomic mass is 10.2. The second kappa shape index (κ2) is 5.79. The number of benzene rings is 2. The molecule has 0 aliphatic rings. The number of carbonyl (C=O) groups is 1. The van der Waals surface area contributed by atoms with Crippen molar-refractivity contribution < 1.29 is 4.79 Å². The maximum Gasteiger partial charge on any atom is 0.233 e. The van der Waals surface area contributed by atoms with E-state index >= 15 is 0 Å². The second-order valence-corrected chi connectivity index (χ2v) is 6.85. The average Bonchev–Trinajstić information content (AvgIpc) is 3.01. The lowest BCUT2D eigenvalue weighted by Crippen LogP contribution is -2.27. The van der Waals surface area contributed by atoms with Crippen LogP contribution in [0.1, 0.15) is 6.92 Å². The molecule has 0 aliphatic carbocycles. The molecule has 0 aliphatic heterocycles. The van der Waals surface area contributed by atoms with E-state index < -0.39 is 0 Å². The molecular formula is C18H16N4OS. The molecule has 1 atom stereocenters. The van der Waals surface area contributed by atoms with Crippen molar-refractivity contribution in [1.82, 2.24) is 19.7 Å². The van der Waals surface area contributed by atoms with Gasteiger partial charge in [-0.05, 0) is 31.2 Å². The number of rotatable bonds is 3. The first-order chi connectivity index (χ1) is 11.7. The standard InChI is InChI=1S/C18H16N4OS/c1-11(17(23)19-2)24-18-21-13-8-4-3-7-12(13)16-20-14-9-5-6-10-15(14)22(16)18/h3-11H,1-2H3,(H,19,23)/t11-/m0/s1. The van der Waals surface area contributed by atoms with Gasteiger partial charge in [-0.2, -0.15) is 0 Å². The third-order valence-electron chi connectivity index (χ3n) is 4.01. The minimum Gasteiger partial charge on any atom is -0.358 e. The predicted octanol–water partition coefficient (Wildman–Crippen LogP) is 3.26. The van der Waals surface area contributed by atoms with Crippen molar-refractivity contribution in [1.29, 1.82) is 0 Å². The van der Waals surface area contributed by atoms with Crippen LogP contribution in [-0.2, 0) is 4.79 Å². The Balaban J connectivity index is 2.04. The van der Waals surface area contributed by atoms with Gasteiger partial charge in [0, 0.05) is 12.4 Å². The Kier molecular flexibility index (Phi) is 3.61. The molecule has 0 bridgehead atoms. The van der Waals surface area contributed by atoms with Gasteiger partial charge in [0.05, 0.1) is 21.8 Å². The molecule has 2 aromatic heterocycles. The molecule has 4 rings (SSSR count). The van der Waals surface area contributed by atoms with Crippen LogP contribution in [0.4, 0.5) is 0 Å². The fraction of sp³-hybridized carbons (Fsp3) is 0.167. The lowest BCUT2D eigenvalue weighted by Gasteiger charge is -2.12. The maximum atomic E-state index is 11.9. The number of para-hydroxylation sites is 3. The Labute approximate surface area is 143 Å². The van der Waals surface area contributed by atoms with Gasteiger partial charge in [0.25, 0.3) is 0 Å². The van der Waals surface area contributed by atoms with Gasteiger partial charge in [0.1, 0.15) is 5.65 Å². The zero-order valence-corrected chi connectivity index (χ0v) is 14.2. The highest BCUT2D eigenvalue weighted by Crippen LogP contribution is 2.30. The maximum absolute atomic E-state index is 11.9. The number of nitrogens with zero attached hydrogens (tertiary/aromatic N) is 3. The van der Waals surface area contributed by atoms with E-state index in [4.69, 9.17) is 9.97 Å². The van der Waals surface area contributed by atoms with Crippen LogP contribution in [0, 0.1) is 0 Å². The number of thioether (sulfide) groups is 1. The van der Waals surface area contributed by atoms with E-state index in [2.05, 4.69) is 5.32 Å². The number of nitrogens with one attached hydrogen (secondary N) is 1. The summed E-state index contributed by atoms with van der Waals surface area (Å²) in [5.41, 5.74) is 3.67. The molecule has 1 N–H and O–H groups in total. The number of amides is 1. The third-order valence-corrected chi connectivity index (χ3v) is 5.06. The fourth-order valence-electron chi connectivity index (χ4n) is 2.81. The highest BCUT2D eigenvalue weighted by Gasteiger charge is 2.19. The zero-order chi connectivity index (χ0) is 16.7. The van der Waals surface area contributed by atoms with Crippen LogP contribution in [0.3, 0.4) is 0 Å². The predicted molar refractivity (Wildman–Crippen MR) is 97.4 cm³/mol. The van der Waals surface area contributed by atoms with Crippen molar-refractivity contribution in [2.24, 2.45) is 0 Å². The van der Waals surface area contributed by atoms with Crippen LogP contribution in [-0.4, -0.2) is 32.6 Å². The molecular weight excluding hydrogens is 320 g/mol. The highest BCUT2D eigenvalue weighted by molar-refractivity contribution is 8.00. The molecule has 0 unspecified atom stereocenters. The smallest absolute Gasteiger partial charge is 0.233 e. The van der Waals surface area contributed by atoms with Gasteiger partial charge in [0.15, 0.2) is 5.16 Å². The lowest BCUT2D eigenvalue weighted by molar-refractivity contribution is -0.119. The van der Waals surface area contributed by atoms with E-state index in [0.717, 1.165) is 32.7 Å². The van der Waals surface area contributed by atoms with Gasteiger partial charge in [-0.3, -0.25) is 9.20 Å².